The first-order chi connectivity index (χ1) is 10.2. The zero-order chi connectivity index (χ0) is 14.8. The lowest BCUT2D eigenvalue weighted by molar-refractivity contribution is 0.281. The average molecular weight is 344 g/mol. The van der Waals surface area contributed by atoms with Crippen molar-refractivity contribution in [1.29, 1.82) is 0 Å². The molecule has 0 fully saturated rings. The lowest BCUT2D eigenvalue weighted by atomic mass is 10.0. The molecule has 106 valence electrons. The Balaban J connectivity index is 2.08. The lowest BCUT2D eigenvalue weighted by Gasteiger charge is -2.02. The zero-order valence-electron chi connectivity index (χ0n) is 11.5. The van der Waals surface area contributed by atoms with Gasteiger partial charge in [-0.3, -0.25) is 0 Å². The third-order valence-corrected chi connectivity index (χ3v) is 3.91. The molecule has 2 aromatic carbocycles. The van der Waals surface area contributed by atoms with Gasteiger partial charge in [0.05, 0.1) is 12.2 Å². The molecule has 3 aromatic rings. The number of hydrogen-bond donors (Lipinski definition) is 1. The van der Waals surface area contributed by atoms with E-state index in [-0.39, 0.29) is 6.61 Å². The van der Waals surface area contributed by atoms with Crippen molar-refractivity contribution in [2.24, 2.45) is 0 Å². The van der Waals surface area contributed by atoms with Gasteiger partial charge in [-0.1, -0.05) is 63.0 Å². The van der Waals surface area contributed by atoms with E-state index >= 15 is 0 Å². The Hall–Kier alpha value is -1.91. The van der Waals surface area contributed by atoms with Gasteiger partial charge in [0.2, 0.25) is 0 Å². The predicted molar refractivity (Wildman–Crippen MR) is 85.7 cm³/mol. The molecule has 3 nitrogen and oxygen atoms in total. The van der Waals surface area contributed by atoms with Crippen LogP contribution in [0.2, 0.25) is 0 Å². The van der Waals surface area contributed by atoms with Crippen LogP contribution in [0.4, 0.5) is 0 Å². The molecule has 0 aliphatic carbocycles. The maximum atomic E-state index is 9.71. The van der Waals surface area contributed by atoms with Crippen LogP contribution in [0, 0.1) is 6.92 Å². The van der Waals surface area contributed by atoms with E-state index in [0.29, 0.717) is 17.0 Å². The zero-order valence-corrected chi connectivity index (χ0v) is 13.1. The Morgan fingerprint density at radius 3 is 2.24 bits per heavy atom. The van der Waals surface area contributed by atoms with Crippen LogP contribution in [0.15, 0.2) is 57.5 Å². The molecule has 0 unspecified atom stereocenters. The second-order valence-electron chi connectivity index (χ2n) is 4.87. The summed E-state index contributed by atoms with van der Waals surface area (Å²) in [5.41, 5.74) is 4.41. The van der Waals surface area contributed by atoms with Crippen molar-refractivity contribution >= 4 is 15.9 Å². The fourth-order valence-electron chi connectivity index (χ4n) is 2.22. The minimum absolute atomic E-state index is 0.113. The highest BCUT2D eigenvalue weighted by Crippen LogP contribution is 2.32. The van der Waals surface area contributed by atoms with Crippen molar-refractivity contribution < 1.29 is 9.63 Å². The summed E-state index contributed by atoms with van der Waals surface area (Å²) in [5.74, 6) is 0.621. The van der Waals surface area contributed by atoms with Gasteiger partial charge < -0.3 is 9.63 Å². The van der Waals surface area contributed by atoms with Gasteiger partial charge in [0.25, 0.3) is 0 Å². The molecule has 0 bridgehead atoms. The summed E-state index contributed by atoms with van der Waals surface area (Å²) in [6, 6.07) is 15.7. The van der Waals surface area contributed by atoms with E-state index in [1.807, 2.05) is 55.5 Å². The van der Waals surface area contributed by atoms with E-state index in [0.717, 1.165) is 15.6 Å². The molecule has 21 heavy (non-hydrogen) atoms. The highest BCUT2D eigenvalue weighted by atomic mass is 79.9. The number of benzene rings is 2. The highest BCUT2D eigenvalue weighted by molar-refractivity contribution is 9.10. The fourth-order valence-corrected chi connectivity index (χ4v) is 2.49. The summed E-state index contributed by atoms with van der Waals surface area (Å²) in [7, 11) is 0. The summed E-state index contributed by atoms with van der Waals surface area (Å²) in [5, 5.41) is 13.8. The fraction of sp³-hybridized carbons (Fsp3) is 0.118. The van der Waals surface area contributed by atoms with Crippen molar-refractivity contribution in [3.05, 3.63) is 64.1 Å². The van der Waals surface area contributed by atoms with Gasteiger partial charge in [-0.25, -0.2) is 0 Å². The highest BCUT2D eigenvalue weighted by Gasteiger charge is 2.18. The monoisotopic (exact) mass is 343 g/mol. The molecule has 3 rings (SSSR count). The molecule has 0 aliphatic rings. The minimum Gasteiger partial charge on any atom is -0.391 e. The van der Waals surface area contributed by atoms with Crippen LogP contribution >= 0.6 is 15.9 Å². The first-order valence-corrected chi connectivity index (χ1v) is 7.40. The van der Waals surface area contributed by atoms with Crippen LogP contribution in [-0.2, 0) is 6.61 Å². The first-order valence-electron chi connectivity index (χ1n) is 6.61. The Kier molecular flexibility index (Phi) is 3.90. The number of rotatable bonds is 3. The van der Waals surface area contributed by atoms with Crippen LogP contribution in [0.5, 0.6) is 0 Å². The smallest absolute Gasteiger partial charge is 0.173 e. The van der Waals surface area contributed by atoms with Crippen molar-refractivity contribution in [1.82, 2.24) is 5.16 Å². The van der Waals surface area contributed by atoms with Gasteiger partial charge in [0.15, 0.2) is 5.76 Å². The summed E-state index contributed by atoms with van der Waals surface area (Å²) in [6.45, 7) is 1.92. The normalized spacial score (nSPS) is 10.8. The second-order valence-corrected chi connectivity index (χ2v) is 5.79. The molecule has 0 saturated heterocycles. The molecule has 0 radical (unpaired) electrons. The number of hydrogen-bond acceptors (Lipinski definition) is 3. The molecule has 0 atom stereocenters. The van der Waals surface area contributed by atoms with E-state index in [1.165, 1.54) is 5.56 Å². The summed E-state index contributed by atoms with van der Waals surface area (Å²) < 4.78 is 6.47. The number of nitrogens with zero attached hydrogens (tertiary/aromatic N) is 1. The number of aromatic nitrogens is 1. The SMILES string of the molecule is Cc1ccc(-c2onc(-c3ccc(Br)cc3)c2CO)cc1. The van der Waals surface area contributed by atoms with Crippen molar-refractivity contribution in [2.45, 2.75) is 13.5 Å². The molecule has 0 saturated carbocycles. The molecular formula is C17H14BrNO2. The Morgan fingerprint density at radius 1 is 1.00 bits per heavy atom. The summed E-state index contributed by atoms with van der Waals surface area (Å²) in [4.78, 5) is 0. The van der Waals surface area contributed by atoms with E-state index in [2.05, 4.69) is 21.1 Å². The van der Waals surface area contributed by atoms with Gasteiger partial charge in [-0.05, 0) is 19.1 Å². The molecule has 0 amide bonds. The number of aryl methyl sites for hydroxylation is 1. The van der Waals surface area contributed by atoms with Crippen LogP contribution in [0.1, 0.15) is 11.1 Å². The lowest BCUT2D eigenvalue weighted by Crippen LogP contribution is -1.89. The topological polar surface area (TPSA) is 46.3 Å². The molecule has 1 N–H and O–H groups in total. The standard InChI is InChI=1S/C17H14BrNO2/c1-11-2-4-13(5-3-11)17-15(10-20)16(19-21-17)12-6-8-14(18)9-7-12/h2-9,20H,10H2,1H3. The van der Waals surface area contributed by atoms with E-state index in [4.69, 9.17) is 4.52 Å². The van der Waals surface area contributed by atoms with Gasteiger partial charge in [0, 0.05) is 15.6 Å². The van der Waals surface area contributed by atoms with Crippen LogP contribution in [0.25, 0.3) is 22.6 Å². The maximum Gasteiger partial charge on any atom is 0.173 e. The Labute approximate surface area is 131 Å². The molecular weight excluding hydrogens is 330 g/mol. The van der Waals surface area contributed by atoms with Crippen LogP contribution in [-0.4, -0.2) is 10.3 Å². The predicted octanol–water partition coefficient (Wildman–Crippen LogP) is 4.57. The van der Waals surface area contributed by atoms with Gasteiger partial charge in [0.1, 0.15) is 5.69 Å². The quantitative estimate of drug-likeness (QED) is 0.757. The molecule has 0 aliphatic heterocycles. The van der Waals surface area contributed by atoms with E-state index in [1.54, 1.807) is 0 Å². The maximum absolute atomic E-state index is 9.71. The largest absolute Gasteiger partial charge is 0.391 e. The molecule has 0 spiro atoms. The summed E-state index contributed by atoms with van der Waals surface area (Å²) >= 11 is 3.41. The van der Waals surface area contributed by atoms with Gasteiger partial charge >= 0.3 is 0 Å². The third-order valence-electron chi connectivity index (χ3n) is 3.38. The van der Waals surface area contributed by atoms with E-state index in [9.17, 15) is 5.11 Å². The number of aliphatic hydroxyl groups excluding tert-OH is 1. The first kappa shape index (κ1) is 14.0. The van der Waals surface area contributed by atoms with Crippen molar-refractivity contribution in [3.8, 4) is 22.6 Å². The molecule has 1 heterocycles. The van der Waals surface area contributed by atoms with Crippen LogP contribution in [0.3, 0.4) is 0 Å². The van der Waals surface area contributed by atoms with E-state index < -0.39 is 0 Å². The molecule has 1 aromatic heterocycles. The third kappa shape index (κ3) is 2.77. The summed E-state index contributed by atoms with van der Waals surface area (Å²) in [6.07, 6.45) is 0. The van der Waals surface area contributed by atoms with Crippen LogP contribution < -0.4 is 0 Å². The second kappa shape index (κ2) is 5.84. The van der Waals surface area contributed by atoms with Gasteiger partial charge in [-0.2, -0.15) is 0 Å². The number of halogens is 1. The Bertz CT molecular complexity index is 682. The van der Waals surface area contributed by atoms with Crippen molar-refractivity contribution in [3.63, 3.8) is 0 Å². The minimum atomic E-state index is -0.113. The number of aliphatic hydroxyl groups is 1. The Morgan fingerprint density at radius 2 is 1.62 bits per heavy atom. The van der Waals surface area contributed by atoms with Crippen molar-refractivity contribution in [2.75, 3.05) is 0 Å². The average Bonchev–Trinajstić information content (AvgIpc) is 2.92. The molecule has 4 heteroatoms. The van der Waals surface area contributed by atoms with Gasteiger partial charge in [-0.15, -0.1) is 0 Å².